The molecule has 7 rings (SSSR count). The molecule has 0 saturated heterocycles. The third-order valence-corrected chi connectivity index (χ3v) is 10.3. The van der Waals surface area contributed by atoms with Crippen molar-refractivity contribution < 1.29 is 14.3 Å². The number of para-hydroxylation sites is 1. The third kappa shape index (κ3) is 5.02. The molecule has 0 spiro atoms. The second-order valence-electron chi connectivity index (χ2n) is 12.1. The Morgan fingerprint density at radius 3 is 2.38 bits per heavy atom. The van der Waals surface area contributed by atoms with Crippen LogP contribution in [0.25, 0.3) is 10.9 Å². The molecule has 3 N–H and O–H groups in total. The van der Waals surface area contributed by atoms with Gasteiger partial charge in [0.2, 0.25) is 5.91 Å². The summed E-state index contributed by atoms with van der Waals surface area (Å²) < 4.78 is 6.35. The van der Waals surface area contributed by atoms with Gasteiger partial charge in [0.1, 0.15) is 11.6 Å². The smallest absolute Gasteiger partial charge is 0.410 e. The summed E-state index contributed by atoms with van der Waals surface area (Å²) >= 11 is 12.4. The monoisotopic (exact) mass is 567 g/mol. The van der Waals surface area contributed by atoms with Crippen molar-refractivity contribution in [3.8, 4) is 0 Å². The van der Waals surface area contributed by atoms with Crippen molar-refractivity contribution >= 4 is 46.1 Å². The molecular formula is C31H35Cl2N3O3. The molecule has 2 amide bonds. The number of aromatic nitrogens is 1. The van der Waals surface area contributed by atoms with Gasteiger partial charge in [0.25, 0.3) is 0 Å². The normalized spacial score (nSPS) is 26.9. The van der Waals surface area contributed by atoms with Gasteiger partial charge in [-0.05, 0) is 98.4 Å². The first-order valence-corrected chi connectivity index (χ1v) is 14.7. The number of rotatable bonds is 8. The van der Waals surface area contributed by atoms with Gasteiger partial charge in [-0.3, -0.25) is 9.69 Å². The lowest BCUT2D eigenvalue weighted by atomic mass is 9.55. The van der Waals surface area contributed by atoms with Gasteiger partial charge in [-0.1, -0.05) is 47.5 Å². The van der Waals surface area contributed by atoms with Crippen LogP contribution in [-0.2, 0) is 22.4 Å². The Hall–Kier alpha value is -2.70. The Morgan fingerprint density at radius 2 is 1.72 bits per heavy atom. The summed E-state index contributed by atoms with van der Waals surface area (Å²) in [6.45, 7) is 2.01. The molecule has 2 aromatic carbocycles. The number of benzene rings is 2. The summed E-state index contributed by atoms with van der Waals surface area (Å²) in [7, 11) is 0. The number of amides is 2. The molecule has 39 heavy (non-hydrogen) atoms. The van der Waals surface area contributed by atoms with Gasteiger partial charge in [0.15, 0.2) is 0 Å². The number of carbonyl (C=O) groups excluding carboxylic acids is 2. The van der Waals surface area contributed by atoms with Crippen LogP contribution in [0.2, 0.25) is 10.0 Å². The van der Waals surface area contributed by atoms with Gasteiger partial charge in [0, 0.05) is 30.1 Å². The maximum absolute atomic E-state index is 14.1. The highest BCUT2D eigenvalue weighted by Gasteiger charge is 2.51. The minimum atomic E-state index is -1.30. The quantitative estimate of drug-likeness (QED) is 0.315. The van der Waals surface area contributed by atoms with E-state index in [-0.39, 0.29) is 19.1 Å². The van der Waals surface area contributed by atoms with Crippen LogP contribution >= 0.6 is 23.2 Å². The molecule has 0 radical (unpaired) electrons. The number of nitrogens with zero attached hydrogens (tertiary/aromatic N) is 1. The Kier molecular flexibility index (Phi) is 7.05. The van der Waals surface area contributed by atoms with Gasteiger partial charge in [-0.15, -0.1) is 0 Å². The predicted molar refractivity (Wildman–Crippen MR) is 154 cm³/mol. The zero-order chi connectivity index (χ0) is 27.3. The van der Waals surface area contributed by atoms with Crippen molar-refractivity contribution in [1.29, 1.82) is 0 Å². The summed E-state index contributed by atoms with van der Waals surface area (Å²) in [4.78, 5) is 32.1. The van der Waals surface area contributed by atoms with E-state index < -0.39 is 17.5 Å². The molecule has 4 bridgehead atoms. The standard InChI is InChI=1S/C31H35Cl2N3O3/c1-31(29(34)37,16-23-17-35-27-5-3-2-4-24(23)27)36(9-8-18-6-7-25(32)26(33)15-18)30(38)39-28-21-11-19-10-20(13-21)14-22(28)12-19/h2-7,15,17,19-22,28,35H,8-14,16H2,1H3,(H2,34,37). The van der Waals surface area contributed by atoms with Crippen LogP contribution in [0.5, 0.6) is 0 Å². The number of ether oxygens (including phenoxy) is 1. The number of hydrogen-bond acceptors (Lipinski definition) is 3. The number of H-pyrrole nitrogens is 1. The van der Waals surface area contributed by atoms with Crippen LogP contribution in [0.4, 0.5) is 4.79 Å². The van der Waals surface area contributed by atoms with Crippen molar-refractivity contribution in [3.63, 3.8) is 0 Å². The summed E-state index contributed by atoms with van der Waals surface area (Å²) in [5, 5.41) is 1.93. The fourth-order valence-electron chi connectivity index (χ4n) is 7.69. The topological polar surface area (TPSA) is 88.4 Å². The molecule has 1 unspecified atom stereocenters. The predicted octanol–water partition coefficient (Wildman–Crippen LogP) is 6.77. The zero-order valence-electron chi connectivity index (χ0n) is 22.2. The van der Waals surface area contributed by atoms with E-state index in [0.717, 1.165) is 59.5 Å². The second kappa shape index (κ2) is 10.4. The number of carbonyl (C=O) groups is 2. The molecule has 4 saturated carbocycles. The first kappa shape index (κ1) is 26.5. The summed E-state index contributed by atoms with van der Waals surface area (Å²) in [6.07, 6.45) is 7.95. The van der Waals surface area contributed by atoms with Crippen LogP contribution in [0.3, 0.4) is 0 Å². The van der Waals surface area contributed by atoms with Gasteiger partial charge >= 0.3 is 6.09 Å². The van der Waals surface area contributed by atoms with E-state index >= 15 is 0 Å². The number of fused-ring (bicyclic) bond motifs is 1. The molecule has 1 atom stereocenters. The SMILES string of the molecule is CC(Cc1c[nH]c2ccccc12)(C(N)=O)N(CCc1ccc(Cl)c(Cl)c1)C(=O)OC1C2CC3CC(C2)CC1C3. The minimum Gasteiger partial charge on any atom is -0.445 e. The summed E-state index contributed by atoms with van der Waals surface area (Å²) in [6, 6.07) is 13.4. The molecule has 8 heteroatoms. The van der Waals surface area contributed by atoms with Crippen LogP contribution in [0, 0.1) is 23.7 Å². The highest BCUT2D eigenvalue weighted by Crippen LogP contribution is 2.54. The van der Waals surface area contributed by atoms with Crippen molar-refractivity contribution in [1.82, 2.24) is 9.88 Å². The molecule has 1 aromatic heterocycles. The van der Waals surface area contributed by atoms with Crippen LogP contribution in [-0.4, -0.2) is 40.1 Å². The van der Waals surface area contributed by atoms with E-state index in [1.165, 1.54) is 6.42 Å². The first-order chi connectivity index (χ1) is 18.7. The summed E-state index contributed by atoms with van der Waals surface area (Å²) in [5.41, 5.74) is 7.60. The van der Waals surface area contributed by atoms with E-state index in [2.05, 4.69) is 4.98 Å². The molecular weight excluding hydrogens is 533 g/mol. The van der Waals surface area contributed by atoms with Gasteiger partial charge in [-0.2, -0.15) is 0 Å². The third-order valence-electron chi connectivity index (χ3n) is 9.54. The number of aromatic amines is 1. The molecule has 206 valence electrons. The Bertz CT molecular complexity index is 1380. The molecule has 0 aliphatic heterocycles. The van der Waals surface area contributed by atoms with Gasteiger partial charge < -0.3 is 15.5 Å². The van der Waals surface area contributed by atoms with E-state index in [4.69, 9.17) is 33.7 Å². The van der Waals surface area contributed by atoms with Crippen LogP contribution in [0.1, 0.15) is 50.2 Å². The van der Waals surface area contributed by atoms with Gasteiger partial charge in [-0.25, -0.2) is 4.79 Å². The molecule has 4 fully saturated rings. The van der Waals surface area contributed by atoms with Crippen LogP contribution in [0.15, 0.2) is 48.7 Å². The lowest BCUT2D eigenvalue weighted by molar-refractivity contribution is -0.132. The average molecular weight is 569 g/mol. The Balaban J connectivity index is 1.30. The molecule has 3 aromatic rings. The number of primary amides is 1. The first-order valence-electron chi connectivity index (χ1n) is 14.0. The highest BCUT2D eigenvalue weighted by molar-refractivity contribution is 6.42. The number of nitrogens with one attached hydrogen (secondary N) is 1. The maximum Gasteiger partial charge on any atom is 0.410 e. The maximum atomic E-state index is 14.1. The molecule has 4 aliphatic rings. The van der Waals surface area contributed by atoms with Gasteiger partial charge in [0.05, 0.1) is 10.0 Å². The molecule has 6 nitrogen and oxygen atoms in total. The van der Waals surface area contributed by atoms with E-state index in [1.54, 1.807) is 24.0 Å². The van der Waals surface area contributed by atoms with E-state index in [9.17, 15) is 9.59 Å². The fraction of sp³-hybridized carbons (Fsp3) is 0.484. The lowest BCUT2D eigenvalue weighted by Crippen LogP contribution is -2.61. The summed E-state index contributed by atoms with van der Waals surface area (Å²) in [5.74, 6) is 1.80. The van der Waals surface area contributed by atoms with Crippen LogP contribution < -0.4 is 5.73 Å². The number of hydrogen-bond donors (Lipinski definition) is 2. The van der Waals surface area contributed by atoms with E-state index in [1.807, 2.05) is 36.5 Å². The van der Waals surface area contributed by atoms with Crippen molar-refractivity contribution in [2.45, 2.75) is 63.5 Å². The molecule has 1 heterocycles. The van der Waals surface area contributed by atoms with Crippen molar-refractivity contribution in [2.24, 2.45) is 29.4 Å². The Labute approximate surface area is 239 Å². The Morgan fingerprint density at radius 1 is 1.03 bits per heavy atom. The van der Waals surface area contributed by atoms with E-state index in [0.29, 0.717) is 28.3 Å². The largest absolute Gasteiger partial charge is 0.445 e. The molecule has 4 aliphatic carbocycles. The zero-order valence-corrected chi connectivity index (χ0v) is 23.7. The fourth-order valence-corrected chi connectivity index (χ4v) is 8.01. The highest BCUT2D eigenvalue weighted by atomic mass is 35.5. The average Bonchev–Trinajstić information content (AvgIpc) is 3.30. The number of nitrogens with two attached hydrogens (primary N) is 1. The second-order valence-corrected chi connectivity index (χ2v) is 12.9. The lowest BCUT2D eigenvalue weighted by Gasteiger charge is -2.54. The minimum absolute atomic E-state index is 0.0945. The number of halogens is 2. The van der Waals surface area contributed by atoms with Crippen molar-refractivity contribution in [3.05, 3.63) is 69.8 Å². The van der Waals surface area contributed by atoms with Crippen molar-refractivity contribution in [2.75, 3.05) is 6.54 Å².